The molecule has 3 heteroatoms. The van der Waals surface area contributed by atoms with Crippen molar-refractivity contribution in [3.8, 4) is 12.0 Å². The second kappa shape index (κ2) is 3.47. The number of nitrogens with zero attached hydrogens (tertiary/aromatic N) is 1. The van der Waals surface area contributed by atoms with Gasteiger partial charge in [0.15, 0.2) is 0 Å². The van der Waals surface area contributed by atoms with Crippen LogP contribution in [0.5, 0.6) is 5.75 Å². The fourth-order valence-corrected chi connectivity index (χ4v) is 1.87. The van der Waals surface area contributed by atoms with Gasteiger partial charge in [0.2, 0.25) is 0 Å². The van der Waals surface area contributed by atoms with E-state index in [4.69, 9.17) is 14.7 Å². The fourth-order valence-electron chi connectivity index (χ4n) is 1.87. The molecule has 0 amide bonds. The summed E-state index contributed by atoms with van der Waals surface area (Å²) >= 11 is 0. The van der Waals surface area contributed by atoms with Gasteiger partial charge in [0.05, 0.1) is 0 Å². The van der Waals surface area contributed by atoms with E-state index in [1.807, 2.05) is 18.2 Å². The Morgan fingerprint density at radius 1 is 1.53 bits per heavy atom. The number of fused-ring (bicyclic) bond motifs is 1. The third-order valence-electron chi connectivity index (χ3n) is 2.43. The zero-order chi connectivity index (χ0) is 10.9. The van der Waals surface area contributed by atoms with Crippen LogP contribution in [0.2, 0.25) is 0 Å². The Balaban J connectivity index is 2.20. The van der Waals surface area contributed by atoms with Crippen LogP contribution in [0.25, 0.3) is 0 Å². The molecule has 1 aromatic rings. The summed E-state index contributed by atoms with van der Waals surface area (Å²) in [4.78, 5) is 0. The molecule has 3 nitrogen and oxygen atoms in total. The first-order valence-corrected chi connectivity index (χ1v) is 4.92. The molecule has 1 aliphatic heterocycles. The Kier molecular flexibility index (Phi) is 2.28. The first-order valence-electron chi connectivity index (χ1n) is 4.92. The molecule has 0 aromatic heterocycles. The molecule has 0 fully saturated rings. The lowest BCUT2D eigenvalue weighted by Gasteiger charge is -2.16. The average molecular weight is 203 g/mol. The number of hydrogen-bond donors (Lipinski definition) is 0. The normalized spacial score (nSPS) is 16.3. The van der Waals surface area contributed by atoms with Crippen molar-refractivity contribution in [1.29, 1.82) is 5.26 Å². The van der Waals surface area contributed by atoms with Gasteiger partial charge in [0.25, 0.3) is 6.26 Å². The van der Waals surface area contributed by atoms with Crippen molar-refractivity contribution in [2.24, 2.45) is 0 Å². The lowest BCUT2D eigenvalue weighted by Crippen LogP contribution is -2.24. The van der Waals surface area contributed by atoms with Crippen LogP contribution in [-0.2, 0) is 17.8 Å². The lowest BCUT2D eigenvalue weighted by atomic mass is 10.0. The van der Waals surface area contributed by atoms with Crippen molar-refractivity contribution >= 4 is 0 Å². The van der Waals surface area contributed by atoms with Gasteiger partial charge in [-0.15, -0.1) is 0 Å². The number of rotatable bonds is 2. The zero-order valence-corrected chi connectivity index (χ0v) is 8.91. The van der Waals surface area contributed by atoms with E-state index in [0.717, 1.165) is 17.7 Å². The molecule has 1 aliphatic rings. The number of hydrogen-bond acceptors (Lipinski definition) is 3. The van der Waals surface area contributed by atoms with E-state index < -0.39 is 0 Å². The summed E-state index contributed by atoms with van der Waals surface area (Å²) < 4.78 is 10.4. The predicted molar refractivity (Wildman–Crippen MR) is 55.3 cm³/mol. The van der Waals surface area contributed by atoms with E-state index >= 15 is 0 Å². The summed E-state index contributed by atoms with van der Waals surface area (Å²) in [5.41, 5.74) is 2.09. The largest absolute Gasteiger partial charge is 0.487 e. The van der Waals surface area contributed by atoms with Crippen LogP contribution >= 0.6 is 0 Å². The van der Waals surface area contributed by atoms with E-state index in [9.17, 15) is 0 Å². The lowest BCUT2D eigenvalue weighted by molar-refractivity contribution is 0.138. The number of nitriles is 1. The molecule has 0 aliphatic carbocycles. The molecular weight excluding hydrogens is 190 g/mol. The van der Waals surface area contributed by atoms with Gasteiger partial charge in [-0.2, -0.15) is 5.26 Å². The second-order valence-corrected chi connectivity index (χ2v) is 4.36. The molecular formula is C12H13NO2. The molecule has 15 heavy (non-hydrogen) atoms. The maximum atomic E-state index is 8.31. The minimum absolute atomic E-state index is 0.114. The summed E-state index contributed by atoms with van der Waals surface area (Å²) in [5, 5.41) is 8.31. The van der Waals surface area contributed by atoms with E-state index in [1.165, 1.54) is 5.56 Å². The van der Waals surface area contributed by atoms with Gasteiger partial charge in [-0.25, -0.2) is 0 Å². The number of ether oxygens (including phenoxy) is 2. The van der Waals surface area contributed by atoms with Crippen molar-refractivity contribution in [2.75, 3.05) is 0 Å². The van der Waals surface area contributed by atoms with E-state index in [0.29, 0.717) is 6.61 Å². The number of benzene rings is 1. The summed E-state index contributed by atoms with van der Waals surface area (Å²) in [7, 11) is 0. The van der Waals surface area contributed by atoms with Gasteiger partial charge in [0, 0.05) is 6.42 Å². The molecule has 1 aromatic carbocycles. The van der Waals surface area contributed by atoms with Crippen LogP contribution in [0.4, 0.5) is 0 Å². The van der Waals surface area contributed by atoms with Crippen molar-refractivity contribution in [1.82, 2.24) is 0 Å². The monoisotopic (exact) mass is 203 g/mol. The Morgan fingerprint density at radius 2 is 2.33 bits per heavy atom. The maximum absolute atomic E-state index is 8.31. The first-order chi connectivity index (χ1) is 7.11. The minimum Gasteiger partial charge on any atom is -0.487 e. The topological polar surface area (TPSA) is 42.2 Å². The van der Waals surface area contributed by atoms with Crippen LogP contribution in [0.1, 0.15) is 25.0 Å². The van der Waals surface area contributed by atoms with Crippen LogP contribution in [0.3, 0.4) is 0 Å². The molecule has 2 rings (SSSR count). The molecule has 0 bridgehead atoms. The summed E-state index contributed by atoms with van der Waals surface area (Å²) in [6, 6.07) is 5.92. The quantitative estimate of drug-likeness (QED) is 0.693. The van der Waals surface area contributed by atoms with E-state index in [1.54, 1.807) is 6.26 Å². The molecule has 0 saturated carbocycles. The van der Waals surface area contributed by atoms with Crippen LogP contribution in [-0.4, -0.2) is 5.60 Å². The molecule has 0 spiro atoms. The van der Waals surface area contributed by atoms with Gasteiger partial charge in [0.1, 0.15) is 18.0 Å². The highest BCUT2D eigenvalue weighted by Gasteiger charge is 2.29. The molecule has 0 N–H and O–H groups in total. The third-order valence-corrected chi connectivity index (χ3v) is 2.43. The highest BCUT2D eigenvalue weighted by Crippen LogP contribution is 2.35. The summed E-state index contributed by atoms with van der Waals surface area (Å²) in [6.45, 7) is 4.47. The smallest absolute Gasteiger partial charge is 0.286 e. The van der Waals surface area contributed by atoms with Gasteiger partial charge in [-0.1, -0.05) is 6.07 Å². The molecule has 0 radical (unpaired) electrons. The third kappa shape index (κ3) is 2.04. The molecule has 0 saturated heterocycles. The predicted octanol–water partition coefficient (Wildman–Crippen LogP) is 2.40. The maximum Gasteiger partial charge on any atom is 0.286 e. The molecule has 78 valence electrons. The van der Waals surface area contributed by atoms with Crippen LogP contribution in [0.15, 0.2) is 18.2 Å². The Labute approximate surface area is 89.2 Å². The summed E-state index contributed by atoms with van der Waals surface area (Å²) in [5.74, 6) is 0.945. The zero-order valence-electron chi connectivity index (χ0n) is 8.91. The molecule has 0 unspecified atom stereocenters. The minimum atomic E-state index is -0.114. The van der Waals surface area contributed by atoms with E-state index in [2.05, 4.69) is 13.8 Å². The molecule has 0 atom stereocenters. The second-order valence-electron chi connectivity index (χ2n) is 4.36. The van der Waals surface area contributed by atoms with Crippen LogP contribution in [0, 0.1) is 11.5 Å². The first kappa shape index (κ1) is 9.85. The van der Waals surface area contributed by atoms with Crippen molar-refractivity contribution in [3.05, 3.63) is 29.3 Å². The van der Waals surface area contributed by atoms with Crippen LogP contribution < -0.4 is 4.74 Å². The highest BCUT2D eigenvalue weighted by molar-refractivity contribution is 5.41. The van der Waals surface area contributed by atoms with Gasteiger partial charge in [-0.3, -0.25) is 0 Å². The average Bonchev–Trinajstić information content (AvgIpc) is 2.47. The SMILES string of the molecule is CC1(C)Cc2cc(COC#N)ccc2O1. The Morgan fingerprint density at radius 3 is 3.07 bits per heavy atom. The van der Waals surface area contributed by atoms with Crippen molar-refractivity contribution in [2.45, 2.75) is 32.5 Å². The van der Waals surface area contributed by atoms with Crippen molar-refractivity contribution < 1.29 is 9.47 Å². The Bertz CT molecular complexity index is 418. The fraction of sp³-hybridized carbons (Fsp3) is 0.417. The van der Waals surface area contributed by atoms with Crippen molar-refractivity contribution in [3.63, 3.8) is 0 Å². The van der Waals surface area contributed by atoms with E-state index in [-0.39, 0.29) is 5.60 Å². The van der Waals surface area contributed by atoms with Gasteiger partial charge >= 0.3 is 0 Å². The van der Waals surface area contributed by atoms with Gasteiger partial charge < -0.3 is 9.47 Å². The van der Waals surface area contributed by atoms with Gasteiger partial charge in [-0.05, 0) is 37.1 Å². The summed E-state index contributed by atoms with van der Waals surface area (Å²) in [6.07, 6.45) is 2.57. The Hall–Kier alpha value is -1.69. The highest BCUT2D eigenvalue weighted by atomic mass is 16.5. The standard InChI is InChI=1S/C12H13NO2/c1-12(2)6-10-5-9(7-14-8-13)3-4-11(10)15-12/h3-5H,6-7H2,1-2H3. The molecule has 1 heterocycles.